The number of hydrogen-bond donors (Lipinski definition) is 2. The van der Waals surface area contributed by atoms with Crippen molar-refractivity contribution in [2.45, 2.75) is 44.2 Å². The van der Waals surface area contributed by atoms with Crippen molar-refractivity contribution in [3.05, 3.63) is 29.3 Å². The van der Waals surface area contributed by atoms with Gasteiger partial charge in [-0.25, -0.2) is 4.79 Å². The molecule has 1 aliphatic carbocycles. The molecule has 5 nitrogen and oxygen atoms in total. The number of anilines is 1. The quantitative estimate of drug-likeness (QED) is 0.822. The van der Waals surface area contributed by atoms with Crippen LogP contribution in [-0.4, -0.2) is 24.0 Å². The van der Waals surface area contributed by atoms with Crippen LogP contribution in [-0.2, 0) is 16.1 Å². The van der Waals surface area contributed by atoms with Crippen LogP contribution in [0.3, 0.4) is 0 Å². The molecule has 1 saturated carbocycles. The largest absolute Gasteiger partial charge is 0.457 e. The first-order valence-corrected chi connectivity index (χ1v) is 8.04. The first kappa shape index (κ1) is 13.8. The van der Waals surface area contributed by atoms with Crippen molar-refractivity contribution in [3.63, 3.8) is 0 Å². The van der Waals surface area contributed by atoms with Crippen LogP contribution in [0.25, 0.3) is 0 Å². The number of hydrogen-bond acceptors (Lipinski definition) is 4. The third-order valence-corrected chi connectivity index (χ3v) is 5.35. The Balaban J connectivity index is 1.53. The lowest BCUT2D eigenvalue weighted by atomic mass is 9.83. The van der Waals surface area contributed by atoms with E-state index in [0.29, 0.717) is 17.9 Å². The molecule has 2 aliphatic heterocycles. The SMILES string of the molecule is O=C1OCc2ccc(NC(=O)[C@H]3CCNC34CCCC4)cc21. The predicted octanol–water partition coefficient (Wildman–Crippen LogP) is 2.22. The van der Waals surface area contributed by atoms with Gasteiger partial charge in [0.1, 0.15) is 6.61 Å². The standard InChI is InChI=1S/C17H20N2O3/c20-15(14-5-8-18-17(14)6-1-2-7-17)19-12-4-3-11-10-22-16(21)13(11)9-12/h3-4,9,14,18H,1-2,5-8,10H2,(H,19,20)/t14-/m1/s1. The third kappa shape index (κ3) is 2.11. The molecule has 1 atom stereocenters. The van der Waals surface area contributed by atoms with Gasteiger partial charge in [0.15, 0.2) is 0 Å². The minimum absolute atomic E-state index is 0.000256. The van der Waals surface area contributed by atoms with Crippen LogP contribution >= 0.6 is 0 Å². The Labute approximate surface area is 129 Å². The highest BCUT2D eigenvalue weighted by molar-refractivity contribution is 5.98. The molecule has 2 fully saturated rings. The molecular weight excluding hydrogens is 280 g/mol. The molecule has 1 spiro atoms. The van der Waals surface area contributed by atoms with E-state index in [4.69, 9.17) is 4.74 Å². The lowest BCUT2D eigenvalue weighted by molar-refractivity contribution is -0.121. The van der Waals surface area contributed by atoms with Crippen molar-refractivity contribution in [1.82, 2.24) is 5.32 Å². The van der Waals surface area contributed by atoms with Crippen LogP contribution in [0, 0.1) is 5.92 Å². The van der Waals surface area contributed by atoms with Gasteiger partial charge in [-0.05, 0) is 37.9 Å². The summed E-state index contributed by atoms with van der Waals surface area (Å²) in [5, 5.41) is 6.56. The van der Waals surface area contributed by atoms with Crippen molar-refractivity contribution in [2.24, 2.45) is 5.92 Å². The van der Waals surface area contributed by atoms with Crippen LogP contribution < -0.4 is 10.6 Å². The molecule has 4 rings (SSSR count). The molecule has 1 aromatic rings. The number of nitrogens with one attached hydrogen (secondary N) is 2. The maximum atomic E-state index is 12.7. The minimum Gasteiger partial charge on any atom is -0.457 e. The number of rotatable bonds is 2. The van der Waals surface area contributed by atoms with E-state index in [2.05, 4.69) is 10.6 Å². The van der Waals surface area contributed by atoms with Gasteiger partial charge in [0.25, 0.3) is 0 Å². The highest BCUT2D eigenvalue weighted by atomic mass is 16.5. The lowest BCUT2D eigenvalue weighted by Crippen LogP contribution is -2.46. The fourth-order valence-corrected chi connectivity index (χ4v) is 4.20. The van der Waals surface area contributed by atoms with Gasteiger partial charge in [0, 0.05) is 16.8 Å². The van der Waals surface area contributed by atoms with Crippen molar-refractivity contribution < 1.29 is 14.3 Å². The van der Waals surface area contributed by atoms with Gasteiger partial charge in [-0.15, -0.1) is 0 Å². The lowest BCUT2D eigenvalue weighted by Gasteiger charge is -2.30. The third-order valence-electron chi connectivity index (χ3n) is 5.35. The van der Waals surface area contributed by atoms with Crippen LogP contribution in [0.5, 0.6) is 0 Å². The van der Waals surface area contributed by atoms with Crippen LogP contribution in [0.2, 0.25) is 0 Å². The number of fused-ring (bicyclic) bond motifs is 1. The van der Waals surface area contributed by atoms with Crippen LogP contribution in [0.1, 0.15) is 48.0 Å². The van der Waals surface area contributed by atoms with Crippen LogP contribution in [0.4, 0.5) is 5.69 Å². The molecular formula is C17H20N2O3. The number of benzene rings is 1. The molecule has 0 radical (unpaired) electrons. The fraction of sp³-hybridized carbons (Fsp3) is 0.529. The smallest absolute Gasteiger partial charge is 0.338 e. The Morgan fingerprint density at radius 2 is 2.14 bits per heavy atom. The molecule has 2 heterocycles. The Hall–Kier alpha value is -1.88. The number of cyclic esters (lactones) is 1. The van der Waals surface area contributed by atoms with E-state index in [1.807, 2.05) is 12.1 Å². The predicted molar refractivity (Wildman–Crippen MR) is 81.5 cm³/mol. The summed E-state index contributed by atoms with van der Waals surface area (Å²) < 4.78 is 5.00. The number of amides is 1. The Morgan fingerprint density at radius 1 is 1.32 bits per heavy atom. The zero-order valence-electron chi connectivity index (χ0n) is 12.5. The second-order valence-corrected chi connectivity index (χ2v) is 6.57. The molecule has 2 N–H and O–H groups in total. The number of carbonyl (C=O) groups excluding carboxylic acids is 2. The molecule has 0 unspecified atom stereocenters. The summed E-state index contributed by atoms with van der Waals surface area (Å²) in [5.74, 6) is -0.214. The van der Waals surface area contributed by atoms with Gasteiger partial charge in [-0.1, -0.05) is 18.9 Å². The summed E-state index contributed by atoms with van der Waals surface area (Å²) in [5.41, 5.74) is 2.14. The minimum atomic E-state index is -0.305. The Bertz CT molecular complexity index is 629. The normalized spacial score (nSPS) is 25.3. The van der Waals surface area contributed by atoms with Crippen molar-refractivity contribution in [1.29, 1.82) is 0 Å². The first-order valence-electron chi connectivity index (χ1n) is 8.04. The van der Waals surface area contributed by atoms with E-state index in [9.17, 15) is 9.59 Å². The van der Waals surface area contributed by atoms with Crippen molar-refractivity contribution >= 4 is 17.6 Å². The monoisotopic (exact) mass is 300 g/mol. The van der Waals surface area contributed by atoms with Gasteiger partial charge in [0.2, 0.25) is 5.91 Å². The molecule has 22 heavy (non-hydrogen) atoms. The highest BCUT2D eigenvalue weighted by Gasteiger charge is 2.47. The number of esters is 1. The van der Waals surface area contributed by atoms with Gasteiger partial charge in [-0.3, -0.25) is 4.79 Å². The summed E-state index contributed by atoms with van der Waals surface area (Å²) in [6.07, 6.45) is 5.45. The highest BCUT2D eigenvalue weighted by Crippen LogP contribution is 2.41. The topological polar surface area (TPSA) is 67.4 Å². The maximum Gasteiger partial charge on any atom is 0.338 e. The molecule has 1 aromatic carbocycles. The molecule has 0 aromatic heterocycles. The van der Waals surface area contributed by atoms with Gasteiger partial charge in [0.05, 0.1) is 11.5 Å². The fourth-order valence-electron chi connectivity index (χ4n) is 4.20. The molecule has 116 valence electrons. The average molecular weight is 300 g/mol. The van der Waals surface area contributed by atoms with Crippen molar-refractivity contribution in [2.75, 3.05) is 11.9 Å². The second kappa shape index (κ2) is 5.09. The molecule has 3 aliphatic rings. The zero-order valence-corrected chi connectivity index (χ0v) is 12.5. The zero-order chi connectivity index (χ0) is 15.2. The average Bonchev–Trinajstić information content (AvgIpc) is 3.23. The summed E-state index contributed by atoms with van der Waals surface area (Å²) >= 11 is 0. The van der Waals surface area contributed by atoms with Gasteiger partial charge >= 0.3 is 5.97 Å². The second-order valence-electron chi connectivity index (χ2n) is 6.57. The van der Waals surface area contributed by atoms with E-state index in [-0.39, 0.29) is 23.3 Å². The summed E-state index contributed by atoms with van der Waals surface area (Å²) in [6, 6.07) is 5.43. The molecule has 1 saturated heterocycles. The Kier molecular flexibility index (Phi) is 3.18. The number of ether oxygens (including phenoxy) is 1. The van der Waals surface area contributed by atoms with Gasteiger partial charge < -0.3 is 15.4 Å². The van der Waals surface area contributed by atoms with E-state index >= 15 is 0 Å². The van der Waals surface area contributed by atoms with E-state index < -0.39 is 0 Å². The Morgan fingerprint density at radius 3 is 2.95 bits per heavy atom. The molecule has 5 heteroatoms. The first-order chi connectivity index (χ1) is 10.7. The molecule has 0 bridgehead atoms. The molecule has 1 amide bonds. The van der Waals surface area contributed by atoms with E-state index in [0.717, 1.165) is 31.4 Å². The number of carbonyl (C=O) groups is 2. The van der Waals surface area contributed by atoms with Gasteiger partial charge in [-0.2, -0.15) is 0 Å². The summed E-state index contributed by atoms with van der Waals surface area (Å²) in [4.78, 5) is 24.3. The van der Waals surface area contributed by atoms with E-state index in [1.54, 1.807) is 6.07 Å². The van der Waals surface area contributed by atoms with Crippen molar-refractivity contribution in [3.8, 4) is 0 Å². The summed E-state index contributed by atoms with van der Waals surface area (Å²) in [6.45, 7) is 1.24. The van der Waals surface area contributed by atoms with Crippen LogP contribution in [0.15, 0.2) is 18.2 Å². The maximum absolute atomic E-state index is 12.7. The summed E-state index contributed by atoms with van der Waals surface area (Å²) in [7, 11) is 0. The van der Waals surface area contributed by atoms with E-state index in [1.165, 1.54) is 12.8 Å².